The van der Waals surface area contributed by atoms with Crippen LogP contribution in [-0.2, 0) is 4.79 Å². The van der Waals surface area contributed by atoms with Crippen molar-refractivity contribution in [2.24, 2.45) is 5.92 Å². The van der Waals surface area contributed by atoms with Gasteiger partial charge in [0.1, 0.15) is 11.3 Å². The number of hydrogen-bond acceptors (Lipinski definition) is 4. The number of amides is 1. The molecule has 5 heteroatoms. The molecule has 1 N–H and O–H groups in total. The van der Waals surface area contributed by atoms with Gasteiger partial charge < -0.3 is 14.9 Å². The topological polar surface area (TPSA) is 56.7 Å². The first kappa shape index (κ1) is 18.5. The van der Waals surface area contributed by atoms with Crippen molar-refractivity contribution in [1.29, 1.82) is 0 Å². The number of nitrogens with zero attached hydrogens (tertiary/aromatic N) is 3. The molecule has 1 fully saturated rings. The van der Waals surface area contributed by atoms with E-state index < -0.39 is 0 Å². The summed E-state index contributed by atoms with van der Waals surface area (Å²) in [7, 11) is 0. The summed E-state index contributed by atoms with van der Waals surface area (Å²) < 4.78 is 0. The lowest BCUT2D eigenvalue weighted by Crippen LogP contribution is -2.35. The fraction of sp³-hybridized carbons (Fsp3) is 0.524. The predicted octanol–water partition coefficient (Wildman–Crippen LogP) is 3.81. The maximum atomic E-state index is 12.2. The van der Waals surface area contributed by atoms with Crippen molar-refractivity contribution in [2.45, 2.75) is 39.5 Å². The number of benzene rings is 1. The van der Waals surface area contributed by atoms with Gasteiger partial charge in [-0.1, -0.05) is 12.1 Å². The Balaban J connectivity index is 1.59. The molecule has 2 aromatic rings. The predicted molar refractivity (Wildman–Crippen MR) is 106 cm³/mol. The van der Waals surface area contributed by atoms with Crippen LogP contribution in [-0.4, -0.2) is 47.1 Å². The van der Waals surface area contributed by atoms with Gasteiger partial charge in [-0.15, -0.1) is 0 Å². The number of anilines is 1. The van der Waals surface area contributed by atoms with Crippen LogP contribution < -0.4 is 4.90 Å². The Morgan fingerprint density at radius 2 is 1.96 bits per heavy atom. The molecule has 1 aliphatic heterocycles. The SMILES string of the molecule is CCN(CC)C(=O)CCC1CCN(c2ccnc3c(O)cccc23)CC1. The standard InChI is InChI=1S/C21H29N3O2/c1-3-23(4-2)20(26)9-8-16-11-14-24(15-12-16)18-10-13-22-21-17(18)6-5-7-19(21)25/h5-7,10,13,16,25H,3-4,8-9,11-12,14-15H2,1-2H3. The number of para-hydroxylation sites is 1. The van der Waals surface area contributed by atoms with Gasteiger partial charge in [-0.25, -0.2) is 0 Å². The van der Waals surface area contributed by atoms with E-state index in [0.717, 1.165) is 56.5 Å². The van der Waals surface area contributed by atoms with Crippen LogP contribution in [0.1, 0.15) is 39.5 Å². The van der Waals surface area contributed by atoms with Gasteiger partial charge >= 0.3 is 0 Å². The molecule has 1 aromatic heterocycles. The number of hydrogen-bond donors (Lipinski definition) is 1. The Bertz CT molecular complexity index is 750. The average Bonchev–Trinajstić information content (AvgIpc) is 2.68. The molecule has 1 aromatic carbocycles. The first-order valence-corrected chi connectivity index (χ1v) is 9.73. The molecule has 140 valence electrons. The van der Waals surface area contributed by atoms with Gasteiger partial charge in [-0.2, -0.15) is 0 Å². The van der Waals surface area contributed by atoms with E-state index >= 15 is 0 Å². The number of pyridine rings is 1. The zero-order valence-electron chi connectivity index (χ0n) is 15.8. The van der Waals surface area contributed by atoms with Crippen molar-refractivity contribution in [3.63, 3.8) is 0 Å². The zero-order chi connectivity index (χ0) is 18.5. The average molecular weight is 355 g/mol. The number of carbonyl (C=O) groups is 1. The molecule has 0 unspecified atom stereocenters. The van der Waals surface area contributed by atoms with Gasteiger partial charge in [0.05, 0.1) is 0 Å². The Hall–Kier alpha value is -2.30. The fourth-order valence-electron chi connectivity index (χ4n) is 3.95. The van der Waals surface area contributed by atoms with Gasteiger partial charge in [-0.05, 0) is 51.2 Å². The summed E-state index contributed by atoms with van der Waals surface area (Å²) in [5.74, 6) is 1.13. The summed E-state index contributed by atoms with van der Waals surface area (Å²) in [6.45, 7) is 7.65. The van der Waals surface area contributed by atoms with E-state index in [1.54, 1.807) is 12.3 Å². The molecule has 0 atom stereocenters. The fourth-order valence-corrected chi connectivity index (χ4v) is 3.95. The molecule has 3 rings (SSSR count). The number of aromatic nitrogens is 1. The third-order valence-electron chi connectivity index (χ3n) is 5.56. The molecule has 1 amide bonds. The molecular weight excluding hydrogens is 326 g/mol. The van der Waals surface area contributed by atoms with E-state index in [2.05, 4.69) is 9.88 Å². The minimum Gasteiger partial charge on any atom is -0.506 e. The van der Waals surface area contributed by atoms with Crippen LogP contribution >= 0.6 is 0 Å². The van der Waals surface area contributed by atoms with Crippen molar-refractivity contribution >= 4 is 22.5 Å². The van der Waals surface area contributed by atoms with Crippen molar-refractivity contribution in [3.8, 4) is 5.75 Å². The minimum atomic E-state index is 0.231. The van der Waals surface area contributed by atoms with Gasteiger partial charge in [0, 0.05) is 49.9 Å². The molecule has 0 bridgehead atoms. The van der Waals surface area contributed by atoms with Crippen LogP contribution in [0.2, 0.25) is 0 Å². The van der Waals surface area contributed by atoms with E-state index in [9.17, 15) is 9.90 Å². The summed E-state index contributed by atoms with van der Waals surface area (Å²) in [4.78, 5) is 20.8. The first-order chi connectivity index (χ1) is 12.6. The van der Waals surface area contributed by atoms with E-state index in [0.29, 0.717) is 17.9 Å². The van der Waals surface area contributed by atoms with Crippen LogP contribution in [0.3, 0.4) is 0 Å². The van der Waals surface area contributed by atoms with Crippen LogP contribution in [0.25, 0.3) is 10.9 Å². The molecule has 26 heavy (non-hydrogen) atoms. The molecule has 5 nitrogen and oxygen atoms in total. The third-order valence-corrected chi connectivity index (χ3v) is 5.56. The molecule has 0 aliphatic carbocycles. The van der Waals surface area contributed by atoms with Gasteiger partial charge in [0.15, 0.2) is 0 Å². The van der Waals surface area contributed by atoms with E-state index in [4.69, 9.17) is 0 Å². The number of phenols is 1. The van der Waals surface area contributed by atoms with Crippen LogP contribution in [0.5, 0.6) is 5.75 Å². The van der Waals surface area contributed by atoms with Crippen LogP contribution in [0.15, 0.2) is 30.5 Å². The van der Waals surface area contributed by atoms with Crippen molar-refractivity contribution in [3.05, 3.63) is 30.5 Å². The third kappa shape index (κ3) is 3.92. The molecule has 0 radical (unpaired) electrons. The normalized spacial score (nSPS) is 15.4. The van der Waals surface area contributed by atoms with E-state index in [1.807, 2.05) is 36.9 Å². The van der Waals surface area contributed by atoms with Crippen LogP contribution in [0, 0.1) is 5.92 Å². The summed E-state index contributed by atoms with van der Waals surface area (Å²) in [6.07, 6.45) is 5.63. The van der Waals surface area contributed by atoms with Crippen molar-refractivity contribution in [1.82, 2.24) is 9.88 Å². The van der Waals surface area contributed by atoms with Gasteiger partial charge in [0.2, 0.25) is 5.91 Å². The highest BCUT2D eigenvalue weighted by Crippen LogP contribution is 2.33. The number of rotatable bonds is 6. The number of phenolic OH excluding ortho intramolecular Hbond substituents is 1. The second-order valence-corrected chi connectivity index (χ2v) is 7.04. The maximum absolute atomic E-state index is 12.2. The monoisotopic (exact) mass is 355 g/mol. The lowest BCUT2D eigenvalue weighted by molar-refractivity contribution is -0.131. The number of piperidine rings is 1. The lowest BCUT2D eigenvalue weighted by Gasteiger charge is -2.34. The van der Waals surface area contributed by atoms with Crippen molar-refractivity contribution < 1.29 is 9.90 Å². The molecule has 2 heterocycles. The first-order valence-electron chi connectivity index (χ1n) is 9.73. The Labute approximate surface area is 155 Å². The maximum Gasteiger partial charge on any atom is 0.222 e. The number of fused-ring (bicyclic) bond motifs is 1. The van der Waals surface area contributed by atoms with E-state index in [-0.39, 0.29) is 11.7 Å². The van der Waals surface area contributed by atoms with Gasteiger partial charge in [-0.3, -0.25) is 9.78 Å². The Kier molecular flexibility index (Phi) is 5.96. The highest BCUT2D eigenvalue weighted by Gasteiger charge is 2.22. The summed E-state index contributed by atoms with van der Waals surface area (Å²) in [6, 6.07) is 7.60. The molecule has 0 saturated carbocycles. The summed E-state index contributed by atoms with van der Waals surface area (Å²) in [5.41, 5.74) is 1.81. The Morgan fingerprint density at radius 1 is 1.23 bits per heavy atom. The minimum absolute atomic E-state index is 0.231. The molecule has 0 spiro atoms. The number of aromatic hydroxyl groups is 1. The quantitative estimate of drug-likeness (QED) is 0.856. The summed E-state index contributed by atoms with van der Waals surface area (Å²) in [5, 5.41) is 11.0. The number of carbonyl (C=O) groups excluding carboxylic acids is 1. The zero-order valence-corrected chi connectivity index (χ0v) is 15.8. The Morgan fingerprint density at radius 3 is 2.65 bits per heavy atom. The molecular formula is C21H29N3O2. The molecule has 1 saturated heterocycles. The smallest absolute Gasteiger partial charge is 0.222 e. The highest BCUT2D eigenvalue weighted by atomic mass is 16.3. The highest BCUT2D eigenvalue weighted by molar-refractivity contribution is 5.94. The second kappa shape index (κ2) is 8.39. The molecule has 1 aliphatic rings. The lowest BCUT2D eigenvalue weighted by atomic mass is 9.91. The van der Waals surface area contributed by atoms with E-state index in [1.165, 1.54) is 0 Å². The van der Waals surface area contributed by atoms with Crippen LogP contribution in [0.4, 0.5) is 5.69 Å². The van der Waals surface area contributed by atoms with Gasteiger partial charge in [0.25, 0.3) is 0 Å². The second-order valence-electron chi connectivity index (χ2n) is 7.04. The van der Waals surface area contributed by atoms with Crippen molar-refractivity contribution in [2.75, 3.05) is 31.1 Å². The summed E-state index contributed by atoms with van der Waals surface area (Å²) >= 11 is 0. The largest absolute Gasteiger partial charge is 0.506 e.